The van der Waals surface area contributed by atoms with E-state index in [4.69, 9.17) is 0 Å². The molecule has 0 saturated carbocycles. The molecule has 0 radical (unpaired) electrons. The molecule has 2 aromatic carbocycles. The number of nitrogens with one attached hydrogen (secondary N) is 1. The van der Waals surface area contributed by atoms with Crippen LogP contribution in [0.3, 0.4) is 0 Å². The highest BCUT2D eigenvalue weighted by atomic mass is 79.9. The summed E-state index contributed by atoms with van der Waals surface area (Å²) >= 11 is 3.44. The highest BCUT2D eigenvalue weighted by Crippen LogP contribution is 2.18. The predicted molar refractivity (Wildman–Crippen MR) is 111 cm³/mol. The number of unbranched alkanes of at least 4 members (excludes halogenated alkanes) is 1. The zero-order chi connectivity index (χ0) is 19.1. The van der Waals surface area contributed by atoms with Crippen LogP contribution >= 0.6 is 15.9 Å². The molecule has 4 nitrogen and oxygen atoms in total. The van der Waals surface area contributed by atoms with Gasteiger partial charge in [0.25, 0.3) is 0 Å². The molecule has 0 unspecified atom stereocenters. The summed E-state index contributed by atoms with van der Waals surface area (Å²) in [5.41, 5.74) is 3.15. The van der Waals surface area contributed by atoms with Crippen molar-refractivity contribution in [3.8, 4) is 0 Å². The molecule has 2 amide bonds. The largest absolute Gasteiger partial charge is 0.338 e. The number of anilines is 1. The number of benzene rings is 2. The molecular formula is C22H25BrN2O2. The number of hydrogen-bond acceptors (Lipinski definition) is 2. The summed E-state index contributed by atoms with van der Waals surface area (Å²) in [5.74, 6) is 0.260. The molecule has 0 spiro atoms. The van der Waals surface area contributed by atoms with E-state index in [1.54, 1.807) is 0 Å². The molecule has 1 saturated heterocycles. The van der Waals surface area contributed by atoms with Gasteiger partial charge in [0, 0.05) is 36.1 Å². The maximum atomic E-state index is 12.2. The molecule has 27 heavy (non-hydrogen) atoms. The zero-order valence-corrected chi connectivity index (χ0v) is 17.0. The van der Waals surface area contributed by atoms with Gasteiger partial charge < -0.3 is 10.2 Å². The summed E-state index contributed by atoms with van der Waals surface area (Å²) < 4.78 is 1.09. The summed E-state index contributed by atoms with van der Waals surface area (Å²) in [5, 5.41) is 2.98. The van der Waals surface area contributed by atoms with E-state index in [0.29, 0.717) is 19.4 Å². The number of rotatable bonds is 8. The Balaban J connectivity index is 1.41. The van der Waals surface area contributed by atoms with Crippen LogP contribution in [0.1, 0.15) is 43.2 Å². The molecule has 1 fully saturated rings. The normalized spacial score (nSPS) is 13.8. The van der Waals surface area contributed by atoms with Gasteiger partial charge in [-0.05, 0) is 61.1 Å². The number of aryl methyl sites for hydroxylation is 1. The first kappa shape index (κ1) is 19.6. The van der Waals surface area contributed by atoms with E-state index in [-0.39, 0.29) is 11.8 Å². The first-order valence-corrected chi connectivity index (χ1v) is 10.3. The standard InChI is InChI=1S/C22H25BrN2O2/c23-19-12-10-17(11-13-19)5-1-2-8-21(26)24-20-7-3-6-18(15-20)16-25-14-4-9-22(25)27/h3,6-7,10-13,15H,1-2,4-5,8-9,14,16H2,(H,24,26). The molecule has 1 N–H and O–H groups in total. The van der Waals surface area contributed by atoms with Gasteiger partial charge in [0.1, 0.15) is 0 Å². The fraction of sp³-hybridized carbons (Fsp3) is 0.364. The van der Waals surface area contributed by atoms with Crippen LogP contribution in [-0.4, -0.2) is 23.3 Å². The van der Waals surface area contributed by atoms with Gasteiger partial charge in [0.2, 0.25) is 11.8 Å². The van der Waals surface area contributed by atoms with Crippen LogP contribution in [0, 0.1) is 0 Å². The molecule has 0 aromatic heterocycles. The Kier molecular flexibility index (Phi) is 7.04. The summed E-state index contributed by atoms with van der Waals surface area (Å²) in [6.07, 6.45) is 4.95. The van der Waals surface area contributed by atoms with Gasteiger partial charge in [-0.2, -0.15) is 0 Å². The van der Waals surface area contributed by atoms with Crippen LogP contribution in [0.25, 0.3) is 0 Å². The van der Waals surface area contributed by atoms with Gasteiger partial charge >= 0.3 is 0 Å². The Morgan fingerprint density at radius 1 is 1.07 bits per heavy atom. The molecule has 3 rings (SSSR count). The van der Waals surface area contributed by atoms with Crippen molar-refractivity contribution in [2.45, 2.75) is 45.1 Å². The first-order chi connectivity index (χ1) is 13.1. The van der Waals surface area contributed by atoms with Crippen LogP contribution in [0.2, 0.25) is 0 Å². The Morgan fingerprint density at radius 2 is 1.89 bits per heavy atom. The molecule has 0 atom stereocenters. The zero-order valence-electron chi connectivity index (χ0n) is 15.4. The number of amides is 2. The summed E-state index contributed by atoms with van der Waals surface area (Å²) in [7, 11) is 0. The molecular weight excluding hydrogens is 404 g/mol. The second kappa shape index (κ2) is 9.70. The van der Waals surface area contributed by atoms with E-state index in [1.807, 2.05) is 41.3 Å². The van der Waals surface area contributed by atoms with Gasteiger partial charge in [0.05, 0.1) is 0 Å². The summed E-state index contributed by atoms with van der Waals surface area (Å²) in [4.78, 5) is 25.8. The average molecular weight is 429 g/mol. The lowest BCUT2D eigenvalue weighted by Gasteiger charge is -2.16. The van der Waals surface area contributed by atoms with Crippen molar-refractivity contribution in [1.29, 1.82) is 0 Å². The molecule has 142 valence electrons. The topological polar surface area (TPSA) is 49.4 Å². The molecule has 5 heteroatoms. The fourth-order valence-electron chi connectivity index (χ4n) is 3.33. The first-order valence-electron chi connectivity index (χ1n) is 9.51. The lowest BCUT2D eigenvalue weighted by Crippen LogP contribution is -2.23. The van der Waals surface area contributed by atoms with E-state index in [2.05, 4.69) is 33.4 Å². The molecule has 0 aliphatic carbocycles. The average Bonchev–Trinajstić information content (AvgIpc) is 3.05. The van der Waals surface area contributed by atoms with Crippen molar-refractivity contribution in [3.63, 3.8) is 0 Å². The minimum absolute atomic E-state index is 0.0419. The van der Waals surface area contributed by atoms with Crippen LogP contribution in [0.4, 0.5) is 5.69 Å². The van der Waals surface area contributed by atoms with Gasteiger partial charge in [-0.1, -0.05) is 40.2 Å². The molecule has 1 heterocycles. The summed E-state index contributed by atoms with van der Waals surface area (Å²) in [6.45, 7) is 1.45. The van der Waals surface area contributed by atoms with E-state index in [0.717, 1.165) is 48.0 Å². The quantitative estimate of drug-likeness (QED) is 0.606. The number of halogens is 1. The highest BCUT2D eigenvalue weighted by Gasteiger charge is 2.20. The Morgan fingerprint density at radius 3 is 2.63 bits per heavy atom. The fourth-order valence-corrected chi connectivity index (χ4v) is 3.59. The monoisotopic (exact) mass is 428 g/mol. The maximum Gasteiger partial charge on any atom is 0.224 e. The van der Waals surface area contributed by atoms with Crippen molar-refractivity contribution < 1.29 is 9.59 Å². The van der Waals surface area contributed by atoms with Crippen molar-refractivity contribution >= 4 is 33.4 Å². The maximum absolute atomic E-state index is 12.2. The third kappa shape index (κ3) is 6.21. The van der Waals surface area contributed by atoms with Crippen LogP contribution in [0.5, 0.6) is 0 Å². The van der Waals surface area contributed by atoms with Gasteiger partial charge in [-0.25, -0.2) is 0 Å². The number of hydrogen-bond donors (Lipinski definition) is 1. The smallest absolute Gasteiger partial charge is 0.224 e. The van der Waals surface area contributed by atoms with Crippen LogP contribution in [-0.2, 0) is 22.6 Å². The Hall–Kier alpha value is -2.14. The molecule has 1 aliphatic heterocycles. The van der Waals surface area contributed by atoms with E-state index >= 15 is 0 Å². The van der Waals surface area contributed by atoms with Crippen molar-refractivity contribution in [2.75, 3.05) is 11.9 Å². The lowest BCUT2D eigenvalue weighted by molar-refractivity contribution is -0.128. The van der Waals surface area contributed by atoms with Crippen LogP contribution < -0.4 is 5.32 Å². The van der Waals surface area contributed by atoms with Crippen molar-refractivity contribution in [3.05, 3.63) is 64.1 Å². The second-order valence-electron chi connectivity index (χ2n) is 7.00. The molecule has 0 bridgehead atoms. The lowest BCUT2D eigenvalue weighted by atomic mass is 10.1. The van der Waals surface area contributed by atoms with Crippen molar-refractivity contribution in [1.82, 2.24) is 4.90 Å². The van der Waals surface area contributed by atoms with Crippen molar-refractivity contribution in [2.24, 2.45) is 0 Å². The number of likely N-dealkylation sites (tertiary alicyclic amines) is 1. The minimum atomic E-state index is 0.0419. The van der Waals surface area contributed by atoms with E-state index in [9.17, 15) is 9.59 Å². The summed E-state index contributed by atoms with van der Waals surface area (Å²) in [6, 6.07) is 16.1. The number of carbonyl (C=O) groups excluding carboxylic acids is 2. The number of carbonyl (C=O) groups is 2. The number of nitrogens with zero attached hydrogens (tertiary/aromatic N) is 1. The van der Waals surface area contributed by atoms with E-state index in [1.165, 1.54) is 5.56 Å². The van der Waals surface area contributed by atoms with E-state index < -0.39 is 0 Å². The Labute approximate surface area is 169 Å². The predicted octanol–water partition coefficient (Wildman–Crippen LogP) is 4.92. The third-order valence-electron chi connectivity index (χ3n) is 4.79. The minimum Gasteiger partial charge on any atom is -0.338 e. The van der Waals surface area contributed by atoms with Crippen LogP contribution in [0.15, 0.2) is 53.0 Å². The van der Waals surface area contributed by atoms with Gasteiger partial charge in [-0.15, -0.1) is 0 Å². The Bertz CT molecular complexity index is 789. The van der Waals surface area contributed by atoms with Gasteiger partial charge in [-0.3, -0.25) is 9.59 Å². The second-order valence-corrected chi connectivity index (χ2v) is 7.92. The highest BCUT2D eigenvalue weighted by molar-refractivity contribution is 9.10. The molecule has 1 aliphatic rings. The third-order valence-corrected chi connectivity index (χ3v) is 5.32. The SMILES string of the molecule is O=C(CCCCc1ccc(Br)cc1)Nc1cccc(CN2CCCC2=O)c1. The molecule has 2 aromatic rings. The van der Waals surface area contributed by atoms with Gasteiger partial charge in [0.15, 0.2) is 0 Å².